The van der Waals surface area contributed by atoms with Crippen LogP contribution in [-0.4, -0.2) is 36.0 Å². The Bertz CT molecular complexity index is 519. The lowest BCUT2D eigenvalue weighted by Gasteiger charge is -2.43. The summed E-state index contributed by atoms with van der Waals surface area (Å²) in [5, 5.41) is 0. The minimum Gasteiger partial charge on any atom is -0.362 e. The third-order valence-electron chi connectivity index (χ3n) is 4.77. The van der Waals surface area contributed by atoms with Gasteiger partial charge in [0.1, 0.15) is 0 Å². The van der Waals surface area contributed by atoms with Crippen molar-refractivity contribution in [2.75, 3.05) is 24.5 Å². The second kappa shape index (κ2) is 4.80. The van der Waals surface area contributed by atoms with Crippen molar-refractivity contribution in [1.82, 2.24) is 4.90 Å². The van der Waals surface area contributed by atoms with Crippen molar-refractivity contribution in [2.45, 2.75) is 45.1 Å². The predicted molar refractivity (Wildman–Crippen MR) is 82.1 cm³/mol. The van der Waals surface area contributed by atoms with Crippen LogP contribution in [0, 0.1) is 0 Å². The van der Waals surface area contributed by atoms with E-state index in [-0.39, 0.29) is 11.4 Å². The smallest absolute Gasteiger partial charge is 0.219 e. The first-order chi connectivity index (χ1) is 9.52. The van der Waals surface area contributed by atoms with Gasteiger partial charge < -0.3 is 9.80 Å². The summed E-state index contributed by atoms with van der Waals surface area (Å²) in [6, 6.07) is 8.92. The maximum atomic E-state index is 11.6. The zero-order valence-corrected chi connectivity index (χ0v) is 12.7. The summed E-state index contributed by atoms with van der Waals surface area (Å²) in [6.45, 7) is 8.86. The highest BCUT2D eigenvalue weighted by atomic mass is 16.2. The Morgan fingerprint density at radius 1 is 1.25 bits per heavy atom. The number of piperazine rings is 1. The van der Waals surface area contributed by atoms with Crippen LogP contribution in [0.4, 0.5) is 5.69 Å². The average molecular weight is 272 g/mol. The first-order valence-electron chi connectivity index (χ1n) is 7.65. The monoisotopic (exact) mass is 272 g/mol. The zero-order chi connectivity index (χ0) is 14.3. The Labute approximate surface area is 121 Å². The first kappa shape index (κ1) is 13.5. The Morgan fingerprint density at radius 2 is 2.00 bits per heavy atom. The van der Waals surface area contributed by atoms with Gasteiger partial charge in [0.2, 0.25) is 5.91 Å². The van der Waals surface area contributed by atoms with Crippen molar-refractivity contribution in [3.05, 3.63) is 29.8 Å². The summed E-state index contributed by atoms with van der Waals surface area (Å²) in [5.74, 6) is 0.774. The van der Waals surface area contributed by atoms with E-state index in [1.165, 1.54) is 24.1 Å². The maximum absolute atomic E-state index is 11.6. The van der Waals surface area contributed by atoms with Crippen LogP contribution in [0.15, 0.2) is 24.3 Å². The number of hydrogen-bond acceptors (Lipinski definition) is 2. The standard InChI is InChI=1S/C17H24N2O/c1-13(2)15-5-4-6-16(11-15)19-10-9-18(14(3)20)12-17(19)7-8-17/h4-6,11,13H,7-10,12H2,1-3H3. The molecule has 1 aromatic carbocycles. The second-order valence-electron chi connectivity index (χ2n) is 6.57. The number of benzene rings is 1. The number of carbonyl (C=O) groups is 1. The van der Waals surface area contributed by atoms with Crippen LogP contribution in [0.2, 0.25) is 0 Å². The molecule has 0 unspecified atom stereocenters. The summed E-state index contributed by atoms with van der Waals surface area (Å²) in [5.41, 5.74) is 2.95. The molecule has 2 fully saturated rings. The number of nitrogens with zero attached hydrogens (tertiary/aromatic N) is 2. The lowest BCUT2D eigenvalue weighted by molar-refractivity contribution is -0.129. The molecule has 20 heavy (non-hydrogen) atoms. The molecule has 3 nitrogen and oxygen atoms in total. The Kier molecular flexibility index (Phi) is 3.23. The first-order valence-corrected chi connectivity index (χ1v) is 7.65. The van der Waals surface area contributed by atoms with Crippen molar-refractivity contribution >= 4 is 11.6 Å². The molecule has 3 rings (SSSR count). The van der Waals surface area contributed by atoms with Crippen LogP contribution < -0.4 is 4.90 Å². The van der Waals surface area contributed by atoms with E-state index < -0.39 is 0 Å². The number of anilines is 1. The molecule has 2 aliphatic rings. The molecule has 0 aromatic heterocycles. The molecule has 1 amide bonds. The maximum Gasteiger partial charge on any atom is 0.219 e. The summed E-state index contributed by atoms with van der Waals surface area (Å²) < 4.78 is 0. The normalized spacial score (nSPS) is 20.6. The molecular weight excluding hydrogens is 248 g/mol. The van der Waals surface area contributed by atoms with E-state index in [1.54, 1.807) is 6.92 Å². The van der Waals surface area contributed by atoms with Gasteiger partial charge in [-0.05, 0) is 36.5 Å². The van der Waals surface area contributed by atoms with Gasteiger partial charge in [0.15, 0.2) is 0 Å². The van der Waals surface area contributed by atoms with Crippen LogP contribution >= 0.6 is 0 Å². The van der Waals surface area contributed by atoms with Crippen molar-refractivity contribution in [3.63, 3.8) is 0 Å². The number of carbonyl (C=O) groups excluding carboxylic acids is 1. The molecular formula is C17H24N2O. The SMILES string of the molecule is CC(=O)N1CCN(c2cccc(C(C)C)c2)C2(CC2)C1. The molecule has 1 aromatic rings. The molecule has 1 saturated carbocycles. The van der Waals surface area contributed by atoms with Gasteiger partial charge in [-0.1, -0.05) is 26.0 Å². The fraction of sp³-hybridized carbons (Fsp3) is 0.588. The molecule has 0 N–H and O–H groups in total. The molecule has 3 heteroatoms. The van der Waals surface area contributed by atoms with Crippen LogP contribution in [0.3, 0.4) is 0 Å². The Balaban J connectivity index is 1.84. The second-order valence-corrected chi connectivity index (χ2v) is 6.57. The minimum atomic E-state index is 0.215. The highest BCUT2D eigenvalue weighted by Gasteiger charge is 2.51. The molecule has 1 spiro atoms. The third kappa shape index (κ3) is 2.30. The molecule has 0 bridgehead atoms. The van der Waals surface area contributed by atoms with Crippen LogP contribution in [0.25, 0.3) is 0 Å². The van der Waals surface area contributed by atoms with Gasteiger partial charge in [-0.25, -0.2) is 0 Å². The highest BCUT2D eigenvalue weighted by Crippen LogP contribution is 2.46. The van der Waals surface area contributed by atoms with Crippen molar-refractivity contribution in [3.8, 4) is 0 Å². The number of amides is 1. The van der Waals surface area contributed by atoms with Crippen LogP contribution in [-0.2, 0) is 4.79 Å². The van der Waals surface area contributed by atoms with E-state index in [0.29, 0.717) is 5.92 Å². The number of rotatable bonds is 2. The fourth-order valence-electron chi connectivity index (χ4n) is 3.27. The lowest BCUT2D eigenvalue weighted by atomic mass is 10.0. The number of hydrogen-bond donors (Lipinski definition) is 0. The quantitative estimate of drug-likeness (QED) is 0.826. The van der Waals surface area contributed by atoms with E-state index in [0.717, 1.165) is 19.6 Å². The molecule has 1 aliphatic heterocycles. The van der Waals surface area contributed by atoms with Crippen LogP contribution in [0.5, 0.6) is 0 Å². The summed E-state index contributed by atoms with van der Waals surface area (Å²) in [4.78, 5) is 16.2. The largest absolute Gasteiger partial charge is 0.362 e. The summed E-state index contributed by atoms with van der Waals surface area (Å²) in [6.07, 6.45) is 2.42. The molecule has 108 valence electrons. The average Bonchev–Trinajstić information content (AvgIpc) is 3.18. The van der Waals surface area contributed by atoms with Gasteiger partial charge in [-0.15, -0.1) is 0 Å². The predicted octanol–water partition coefficient (Wildman–Crippen LogP) is 3.01. The van der Waals surface area contributed by atoms with Gasteiger partial charge in [0.05, 0.1) is 5.54 Å². The molecule has 1 saturated heterocycles. The lowest BCUT2D eigenvalue weighted by Crippen LogP contribution is -2.56. The minimum absolute atomic E-state index is 0.215. The Morgan fingerprint density at radius 3 is 2.60 bits per heavy atom. The van der Waals surface area contributed by atoms with Gasteiger partial charge in [-0.2, -0.15) is 0 Å². The zero-order valence-electron chi connectivity index (χ0n) is 12.7. The van der Waals surface area contributed by atoms with Gasteiger partial charge in [-0.3, -0.25) is 4.79 Å². The van der Waals surface area contributed by atoms with Gasteiger partial charge >= 0.3 is 0 Å². The van der Waals surface area contributed by atoms with Gasteiger partial charge in [0, 0.05) is 32.2 Å². The molecule has 1 aliphatic carbocycles. The highest BCUT2D eigenvalue weighted by molar-refractivity contribution is 5.74. The van der Waals surface area contributed by atoms with Crippen molar-refractivity contribution in [2.24, 2.45) is 0 Å². The van der Waals surface area contributed by atoms with E-state index >= 15 is 0 Å². The fourth-order valence-corrected chi connectivity index (χ4v) is 3.27. The topological polar surface area (TPSA) is 23.6 Å². The Hall–Kier alpha value is -1.51. The summed E-state index contributed by atoms with van der Waals surface area (Å²) in [7, 11) is 0. The van der Waals surface area contributed by atoms with E-state index in [2.05, 4.69) is 43.0 Å². The van der Waals surface area contributed by atoms with E-state index in [4.69, 9.17) is 0 Å². The van der Waals surface area contributed by atoms with Crippen molar-refractivity contribution in [1.29, 1.82) is 0 Å². The van der Waals surface area contributed by atoms with Crippen LogP contribution in [0.1, 0.15) is 45.1 Å². The summed E-state index contributed by atoms with van der Waals surface area (Å²) >= 11 is 0. The van der Waals surface area contributed by atoms with E-state index in [1.807, 2.05) is 4.90 Å². The molecule has 1 heterocycles. The molecule has 0 atom stereocenters. The van der Waals surface area contributed by atoms with Gasteiger partial charge in [0.25, 0.3) is 0 Å². The third-order valence-corrected chi connectivity index (χ3v) is 4.77. The van der Waals surface area contributed by atoms with Crippen molar-refractivity contribution < 1.29 is 4.79 Å². The molecule has 0 radical (unpaired) electrons. The van der Waals surface area contributed by atoms with E-state index in [9.17, 15) is 4.79 Å².